The highest BCUT2D eigenvalue weighted by Gasteiger charge is 2.17. The molecular weight excluding hydrogens is 220 g/mol. The Kier molecular flexibility index (Phi) is 9.14. The molecule has 1 atom stereocenters. The smallest absolute Gasteiger partial charge is 0.0455 e. The van der Waals surface area contributed by atoms with E-state index < -0.39 is 0 Å². The average molecular weight is 248 g/mol. The molecule has 0 saturated carbocycles. The fourth-order valence-corrected chi connectivity index (χ4v) is 2.15. The van der Waals surface area contributed by atoms with E-state index in [4.69, 9.17) is 12.2 Å². The van der Waals surface area contributed by atoms with Gasteiger partial charge in [-0.05, 0) is 32.6 Å². The van der Waals surface area contributed by atoms with Gasteiger partial charge in [0.15, 0.2) is 0 Å². The highest BCUT2D eigenvalue weighted by molar-refractivity contribution is 5.08. The maximum atomic E-state index is 5.81. The molecule has 0 spiro atoms. The Balaban J connectivity index is 4.24. The predicted molar refractivity (Wildman–Crippen MR) is 80.8 cm³/mol. The zero-order valence-corrected chi connectivity index (χ0v) is 12.0. The molecule has 0 fully saturated rings. The molecule has 2 N–H and O–H groups in total. The largest absolute Gasteiger partial charge is 0.346 e. The molecule has 0 aromatic heterocycles. The Morgan fingerprint density at radius 2 is 2.00 bits per heavy atom. The zero-order chi connectivity index (χ0) is 14.0. The standard InChI is InChI=1S/C16H28N2/c1-6-8-9-10-11-12-15(5)18(14(3)4)16(7-2)13-17/h1,16H,3,5,7-13,17H2,2,4H3. The fraction of sp³-hybridized carbons (Fsp3) is 0.625. The van der Waals surface area contributed by atoms with Gasteiger partial charge in [0.1, 0.15) is 0 Å². The highest BCUT2D eigenvalue weighted by Crippen LogP contribution is 2.21. The van der Waals surface area contributed by atoms with E-state index in [0.29, 0.717) is 12.6 Å². The van der Waals surface area contributed by atoms with E-state index in [1.54, 1.807) is 0 Å². The van der Waals surface area contributed by atoms with E-state index in [1.165, 1.54) is 0 Å². The number of terminal acetylenes is 1. The van der Waals surface area contributed by atoms with E-state index in [1.807, 2.05) is 6.92 Å². The summed E-state index contributed by atoms with van der Waals surface area (Å²) >= 11 is 0. The first kappa shape index (κ1) is 16.8. The number of hydrogen-bond acceptors (Lipinski definition) is 2. The lowest BCUT2D eigenvalue weighted by molar-refractivity contribution is 0.300. The van der Waals surface area contributed by atoms with Crippen LogP contribution in [0.1, 0.15) is 52.4 Å². The first-order chi connectivity index (χ1) is 8.58. The van der Waals surface area contributed by atoms with E-state index in [9.17, 15) is 0 Å². The number of nitrogens with zero attached hydrogens (tertiary/aromatic N) is 1. The minimum absolute atomic E-state index is 0.320. The van der Waals surface area contributed by atoms with Gasteiger partial charge in [-0.15, -0.1) is 12.3 Å². The Bertz CT molecular complexity index is 295. The van der Waals surface area contributed by atoms with Crippen molar-refractivity contribution in [3.05, 3.63) is 24.6 Å². The molecule has 0 aromatic carbocycles. The van der Waals surface area contributed by atoms with Crippen molar-refractivity contribution in [2.45, 2.75) is 58.4 Å². The molecule has 102 valence electrons. The van der Waals surface area contributed by atoms with Gasteiger partial charge < -0.3 is 10.6 Å². The van der Waals surface area contributed by atoms with E-state index in [-0.39, 0.29) is 0 Å². The molecule has 0 aliphatic heterocycles. The van der Waals surface area contributed by atoms with Gasteiger partial charge in [0.25, 0.3) is 0 Å². The predicted octanol–water partition coefficient (Wildman–Crippen LogP) is 3.66. The van der Waals surface area contributed by atoms with Crippen LogP contribution < -0.4 is 5.73 Å². The van der Waals surface area contributed by atoms with E-state index >= 15 is 0 Å². The van der Waals surface area contributed by atoms with Crippen LogP contribution in [0.15, 0.2) is 24.6 Å². The summed E-state index contributed by atoms with van der Waals surface area (Å²) in [4.78, 5) is 2.20. The van der Waals surface area contributed by atoms with Crippen LogP contribution in [0.2, 0.25) is 0 Å². The zero-order valence-electron chi connectivity index (χ0n) is 12.0. The topological polar surface area (TPSA) is 29.3 Å². The van der Waals surface area contributed by atoms with Crippen LogP contribution in [0, 0.1) is 12.3 Å². The molecule has 0 amide bonds. The normalized spacial score (nSPS) is 11.7. The Hall–Kier alpha value is -1.20. The first-order valence-corrected chi connectivity index (χ1v) is 6.84. The monoisotopic (exact) mass is 248 g/mol. The maximum absolute atomic E-state index is 5.81. The second-order valence-electron chi connectivity index (χ2n) is 4.73. The third-order valence-corrected chi connectivity index (χ3v) is 3.15. The van der Waals surface area contributed by atoms with E-state index in [0.717, 1.165) is 49.9 Å². The number of unbranched alkanes of at least 4 members (excludes halogenated alkanes) is 3. The molecule has 1 unspecified atom stereocenters. The van der Waals surface area contributed by atoms with Crippen molar-refractivity contribution < 1.29 is 0 Å². The Morgan fingerprint density at radius 3 is 2.44 bits per heavy atom. The molecule has 18 heavy (non-hydrogen) atoms. The summed E-state index contributed by atoms with van der Waals surface area (Å²) < 4.78 is 0. The van der Waals surface area contributed by atoms with Crippen molar-refractivity contribution in [3.8, 4) is 12.3 Å². The highest BCUT2D eigenvalue weighted by atomic mass is 15.2. The number of allylic oxidation sites excluding steroid dienone is 2. The Morgan fingerprint density at radius 1 is 1.33 bits per heavy atom. The average Bonchev–Trinajstić information content (AvgIpc) is 2.34. The molecule has 0 bridgehead atoms. The summed E-state index contributed by atoms with van der Waals surface area (Å²) in [6.07, 6.45) is 11.5. The van der Waals surface area contributed by atoms with Crippen molar-refractivity contribution in [3.63, 3.8) is 0 Å². The van der Waals surface area contributed by atoms with Crippen molar-refractivity contribution in [2.24, 2.45) is 5.73 Å². The van der Waals surface area contributed by atoms with Gasteiger partial charge in [-0.2, -0.15) is 0 Å². The number of nitrogens with two attached hydrogens (primary N) is 1. The van der Waals surface area contributed by atoms with E-state index in [2.05, 4.69) is 30.9 Å². The molecule has 0 radical (unpaired) electrons. The van der Waals surface area contributed by atoms with Crippen LogP contribution >= 0.6 is 0 Å². The van der Waals surface area contributed by atoms with Crippen molar-refractivity contribution in [1.29, 1.82) is 0 Å². The van der Waals surface area contributed by atoms with Gasteiger partial charge in [-0.3, -0.25) is 0 Å². The van der Waals surface area contributed by atoms with Gasteiger partial charge in [0, 0.05) is 30.4 Å². The van der Waals surface area contributed by atoms with Gasteiger partial charge in [0.2, 0.25) is 0 Å². The van der Waals surface area contributed by atoms with Gasteiger partial charge in [-0.1, -0.05) is 26.5 Å². The number of hydrogen-bond donors (Lipinski definition) is 1. The maximum Gasteiger partial charge on any atom is 0.0455 e. The summed E-state index contributed by atoms with van der Waals surface area (Å²) in [6, 6.07) is 0.320. The van der Waals surface area contributed by atoms with Crippen molar-refractivity contribution >= 4 is 0 Å². The second kappa shape index (κ2) is 9.79. The first-order valence-electron chi connectivity index (χ1n) is 6.84. The minimum atomic E-state index is 0.320. The van der Waals surface area contributed by atoms with Crippen LogP contribution in [0.5, 0.6) is 0 Å². The third kappa shape index (κ3) is 5.93. The molecule has 2 heteroatoms. The third-order valence-electron chi connectivity index (χ3n) is 3.15. The molecular formula is C16H28N2. The van der Waals surface area contributed by atoms with Crippen molar-refractivity contribution in [1.82, 2.24) is 4.90 Å². The summed E-state index contributed by atoms with van der Waals surface area (Å²) in [7, 11) is 0. The molecule has 0 aromatic rings. The lowest BCUT2D eigenvalue weighted by atomic mass is 10.1. The van der Waals surface area contributed by atoms with Gasteiger partial charge >= 0.3 is 0 Å². The van der Waals surface area contributed by atoms with Crippen LogP contribution in [0.4, 0.5) is 0 Å². The van der Waals surface area contributed by atoms with Crippen LogP contribution in [0.3, 0.4) is 0 Å². The minimum Gasteiger partial charge on any atom is -0.346 e. The fourth-order valence-electron chi connectivity index (χ4n) is 2.15. The molecule has 0 heterocycles. The quantitative estimate of drug-likeness (QED) is 0.472. The summed E-state index contributed by atoms with van der Waals surface area (Å²) in [5.41, 5.74) is 7.96. The second-order valence-corrected chi connectivity index (χ2v) is 4.73. The lowest BCUT2D eigenvalue weighted by Crippen LogP contribution is -2.37. The summed E-state index contributed by atoms with van der Waals surface area (Å²) in [5.74, 6) is 2.67. The SMILES string of the molecule is C#CCCCCCC(=C)N(C(=C)C)C(CC)CN. The number of rotatable bonds is 10. The van der Waals surface area contributed by atoms with Crippen LogP contribution in [0.25, 0.3) is 0 Å². The van der Waals surface area contributed by atoms with Gasteiger partial charge in [0.05, 0.1) is 0 Å². The molecule has 0 saturated heterocycles. The molecule has 0 aliphatic rings. The van der Waals surface area contributed by atoms with Crippen molar-refractivity contribution in [2.75, 3.05) is 6.54 Å². The lowest BCUT2D eigenvalue weighted by Gasteiger charge is -2.34. The van der Waals surface area contributed by atoms with Crippen LogP contribution in [-0.4, -0.2) is 17.5 Å². The van der Waals surface area contributed by atoms with Gasteiger partial charge in [-0.25, -0.2) is 0 Å². The molecule has 0 aliphatic carbocycles. The van der Waals surface area contributed by atoms with Crippen LogP contribution in [-0.2, 0) is 0 Å². The molecule has 2 nitrogen and oxygen atoms in total. The Labute approximate surface area is 113 Å². The summed E-state index contributed by atoms with van der Waals surface area (Å²) in [6.45, 7) is 13.0. The molecule has 0 rings (SSSR count). The summed E-state index contributed by atoms with van der Waals surface area (Å²) in [5, 5.41) is 0.